The number of nitrogen functional groups attached to an aromatic ring is 1. The highest BCUT2D eigenvalue weighted by atomic mass is 15.2. The van der Waals surface area contributed by atoms with Crippen LogP contribution in [-0.4, -0.2) is 10.6 Å². The average molecular weight is 416 g/mol. The smallest absolute Gasteiger partial charge is 0.0542 e. The van der Waals surface area contributed by atoms with Gasteiger partial charge in [-0.05, 0) is 73.0 Å². The molecule has 4 aromatic carbocycles. The molecule has 2 heterocycles. The summed E-state index contributed by atoms with van der Waals surface area (Å²) >= 11 is 0. The predicted molar refractivity (Wildman–Crippen MR) is 134 cm³/mol. The van der Waals surface area contributed by atoms with E-state index in [1.54, 1.807) is 0 Å². The Morgan fingerprint density at radius 3 is 2.41 bits per heavy atom. The van der Waals surface area contributed by atoms with E-state index in [2.05, 4.69) is 94.4 Å². The summed E-state index contributed by atoms with van der Waals surface area (Å²) in [6.45, 7) is 0. The van der Waals surface area contributed by atoms with Gasteiger partial charge in [-0.15, -0.1) is 0 Å². The third-order valence-corrected chi connectivity index (χ3v) is 7.47. The fraction of sp³-hybridized carbons (Fsp3) is 0.172. The topological polar surface area (TPSA) is 34.2 Å². The van der Waals surface area contributed by atoms with Crippen LogP contribution in [0, 0.1) is 0 Å². The fourth-order valence-electron chi connectivity index (χ4n) is 6.18. The standard InChI is InChI=1S/C29H25N3/c30-19-13-15-28-24(17-19)23-10-6-12-27(23)32(28)21-14-16-29-25(18-21)22-9-4-5-11-26(22)31(29)20-7-2-1-3-8-20/h1-5,7-9,11,13-18,23,27H,6,10,12,30H2. The first-order valence-corrected chi connectivity index (χ1v) is 11.6. The van der Waals surface area contributed by atoms with Crippen molar-refractivity contribution in [3.8, 4) is 5.69 Å². The highest BCUT2D eigenvalue weighted by Crippen LogP contribution is 2.53. The SMILES string of the molecule is Nc1ccc2c(c1)C1CCCC1N2c1ccc2c(c1)c1ccccc1n2-c1ccccc1. The molecule has 1 aliphatic carbocycles. The molecule has 0 amide bonds. The number of aromatic nitrogens is 1. The van der Waals surface area contributed by atoms with E-state index in [-0.39, 0.29) is 0 Å². The Hall–Kier alpha value is -3.72. The van der Waals surface area contributed by atoms with Gasteiger partial charge in [-0.1, -0.05) is 42.8 Å². The highest BCUT2D eigenvalue weighted by molar-refractivity contribution is 6.10. The molecular formula is C29H25N3. The number of benzene rings is 4. The molecule has 5 aromatic rings. The Bertz CT molecular complexity index is 1480. The average Bonchev–Trinajstić information content (AvgIpc) is 3.50. The van der Waals surface area contributed by atoms with Crippen LogP contribution >= 0.6 is 0 Å². The maximum absolute atomic E-state index is 6.17. The van der Waals surface area contributed by atoms with Crippen molar-refractivity contribution in [2.75, 3.05) is 10.6 Å². The van der Waals surface area contributed by atoms with E-state index in [9.17, 15) is 0 Å². The van der Waals surface area contributed by atoms with Crippen LogP contribution in [0.4, 0.5) is 17.1 Å². The highest BCUT2D eigenvalue weighted by Gasteiger charge is 2.42. The Kier molecular flexibility index (Phi) is 3.71. The summed E-state index contributed by atoms with van der Waals surface area (Å²) in [6, 6.07) is 33.4. The van der Waals surface area contributed by atoms with Gasteiger partial charge in [0.25, 0.3) is 0 Å². The number of para-hydroxylation sites is 2. The van der Waals surface area contributed by atoms with Gasteiger partial charge < -0.3 is 15.2 Å². The Labute approximate surface area is 187 Å². The Morgan fingerprint density at radius 1 is 0.688 bits per heavy atom. The van der Waals surface area contributed by atoms with Crippen molar-refractivity contribution in [3.05, 3.63) is 96.6 Å². The van der Waals surface area contributed by atoms with Gasteiger partial charge >= 0.3 is 0 Å². The van der Waals surface area contributed by atoms with E-state index < -0.39 is 0 Å². The number of nitrogens with zero attached hydrogens (tertiary/aromatic N) is 2. The van der Waals surface area contributed by atoms with Gasteiger partial charge in [0.1, 0.15) is 0 Å². The van der Waals surface area contributed by atoms with Crippen LogP contribution < -0.4 is 10.6 Å². The molecule has 7 rings (SSSR count). The summed E-state index contributed by atoms with van der Waals surface area (Å²) < 4.78 is 2.38. The molecule has 156 valence electrons. The summed E-state index contributed by atoms with van der Waals surface area (Å²) in [6.07, 6.45) is 3.78. The second-order valence-electron chi connectivity index (χ2n) is 9.18. The first-order valence-electron chi connectivity index (χ1n) is 11.6. The van der Waals surface area contributed by atoms with Gasteiger partial charge in [0.2, 0.25) is 0 Å². The van der Waals surface area contributed by atoms with Crippen LogP contribution in [0.25, 0.3) is 27.5 Å². The van der Waals surface area contributed by atoms with Crippen LogP contribution in [0.1, 0.15) is 30.7 Å². The van der Waals surface area contributed by atoms with Gasteiger partial charge in [-0.3, -0.25) is 0 Å². The number of fused-ring (bicyclic) bond motifs is 6. The zero-order valence-corrected chi connectivity index (χ0v) is 17.9. The van der Waals surface area contributed by atoms with Crippen molar-refractivity contribution in [3.63, 3.8) is 0 Å². The molecule has 1 aromatic heterocycles. The van der Waals surface area contributed by atoms with Gasteiger partial charge in [-0.25, -0.2) is 0 Å². The second kappa shape index (κ2) is 6.64. The van der Waals surface area contributed by atoms with Crippen LogP contribution in [0.5, 0.6) is 0 Å². The van der Waals surface area contributed by atoms with Crippen LogP contribution in [0.15, 0.2) is 91.0 Å². The summed E-state index contributed by atoms with van der Waals surface area (Å²) in [5.41, 5.74) is 14.8. The van der Waals surface area contributed by atoms with E-state index in [4.69, 9.17) is 5.73 Å². The molecule has 0 bridgehead atoms. The maximum Gasteiger partial charge on any atom is 0.0542 e. The largest absolute Gasteiger partial charge is 0.399 e. The molecule has 1 fully saturated rings. The van der Waals surface area contributed by atoms with Gasteiger partial charge in [0.05, 0.1) is 11.0 Å². The molecule has 2 aliphatic rings. The molecule has 2 N–H and O–H groups in total. The van der Waals surface area contributed by atoms with E-state index in [0.29, 0.717) is 12.0 Å². The van der Waals surface area contributed by atoms with Crippen LogP contribution in [0.2, 0.25) is 0 Å². The first-order chi connectivity index (χ1) is 15.8. The molecular weight excluding hydrogens is 390 g/mol. The number of nitrogens with two attached hydrogens (primary N) is 1. The lowest BCUT2D eigenvalue weighted by atomic mass is 9.97. The van der Waals surface area contributed by atoms with Crippen molar-refractivity contribution >= 4 is 38.9 Å². The van der Waals surface area contributed by atoms with Gasteiger partial charge in [0.15, 0.2) is 0 Å². The van der Waals surface area contributed by atoms with Crippen molar-refractivity contribution < 1.29 is 0 Å². The lowest BCUT2D eigenvalue weighted by Crippen LogP contribution is -2.26. The minimum atomic E-state index is 0.534. The Morgan fingerprint density at radius 2 is 1.50 bits per heavy atom. The third kappa shape index (κ3) is 2.42. The van der Waals surface area contributed by atoms with E-state index in [0.717, 1.165) is 5.69 Å². The molecule has 1 saturated carbocycles. The minimum Gasteiger partial charge on any atom is -0.399 e. The monoisotopic (exact) mass is 415 g/mol. The zero-order chi connectivity index (χ0) is 21.2. The van der Waals surface area contributed by atoms with Gasteiger partial charge in [0, 0.05) is 45.5 Å². The zero-order valence-electron chi connectivity index (χ0n) is 17.9. The third-order valence-electron chi connectivity index (χ3n) is 7.47. The quantitative estimate of drug-likeness (QED) is 0.311. The lowest BCUT2D eigenvalue weighted by molar-refractivity contribution is 0.642. The summed E-state index contributed by atoms with van der Waals surface area (Å²) in [5, 5.41) is 2.60. The summed E-state index contributed by atoms with van der Waals surface area (Å²) in [7, 11) is 0. The molecule has 32 heavy (non-hydrogen) atoms. The fourth-order valence-corrected chi connectivity index (χ4v) is 6.18. The first kappa shape index (κ1) is 17.9. The molecule has 1 aliphatic heterocycles. The van der Waals surface area contributed by atoms with Crippen molar-refractivity contribution in [1.82, 2.24) is 4.57 Å². The minimum absolute atomic E-state index is 0.534. The van der Waals surface area contributed by atoms with E-state index in [1.807, 2.05) is 6.07 Å². The summed E-state index contributed by atoms with van der Waals surface area (Å²) in [4.78, 5) is 2.58. The van der Waals surface area contributed by atoms with E-state index in [1.165, 1.54) is 63.7 Å². The molecule has 3 heteroatoms. The molecule has 0 saturated heterocycles. The number of hydrogen-bond acceptors (Lipinski definition) is 2. The Balaban J connectivity index is 1.47. The maximum atomic E-state index is 6.17. The number of anilines is 3. The lowest BCUT2D eigenvalue weighted by Gasteiger charge is -2.27. The van der Waals surface area contributed by atoms with Crippen LogP contribution in [-0.2, 0) is 0 Å². The predicted octanol–water partition coefficient (Wildman–Crippen LogP) is 7.15. The summed E-state index contributed by atoms with van der Waals surface area (Å²) in [5.74, 6) is 0.592. The van der Waals surface area contributed by atoms with E-state index >= 15 is 0 Å². The number of hydrogen-bond donors (Lipinski definition) is 1. The van der Waals surface area contributed by atoms with Crippen molar-refractivity contribution in [1.29, 1.82) is 0 Å². The molecule has 2 atom stereocenters. The normalized spacial score (nSPS) is 19.6. The number of rotatable bonds is 2. The second-order valence-corrected chi connectivity index (χ2v) is 9.18. The molecule has 0 radical (unpaired) electrons. The molecule has 2 unspecified atom stereocenters. The van der Waals surface area contributed by atoms with Crippen molar-refractivity contribution in [2.45, 2.75) is 31.2 Å². The van der Waals surface area contributed by atoms with Crippen molar-refractivity contribution in [2.24, 2.45) is 0 Å². The molecule has 3 nitrogen and oxygen atoms in total. The van der Waals surface area contributed by atoms with Gasteiger partial charge in [-0.2, -0.15) is 0 Å². The van der Waals surface area contributed by atoms with Crippen LogP contribution in [0.3, 0.4) is 0 Å². The molecule has 0 spiro atoms.